The Balaban J connectivity index is 1.32. The molecule has 9 aliphatic rings. The maximum absolute atomic E-state index is 14.0. The number of aliphatic hydroxyl groups is 1. The molecule has 9 bridgehead atoms. The number of para-hydroxylation sites is 1. The number of rotatable bonds is 4. The molecule has 9 saturated carbocycles. The molecule has 0 spiro atoms. The van der Waals surface area contributed by atoms with Crippen molar-refractivity contribution >= 4 is 5.97 Å². The minimum atomic E-state index is -0.946. The molecule has 14 atom stereocenters. The SMILES string of the molecule is COC(=O)[C@]12[C@@H]3[C@@H]4CC[C@H]5[C@@H]4[C@@H]4[C@@H]3[C@@H]3[C@H]([C@H]6CCC[C@H]6[C@@H]31)[C@]4(COc1ccccc1)[C@@]52O. The molecule has 0 saturated heterocycles. The Morgan fingerprint density at radius 3 is 2.44 bits per heavy atom. The zero-order valence-corrected chi connectivity index (χ0v) is 18.7. The lowest BCUT2D eigenvalue weighted by atomic mass is 9.42. The molecule has 1 aromatic rings. The van der Waals surface area contributed by atoms with Gasteiger partial charge in [-0.2, -0.15) is 0 Å². The maximum Gasteiger partial charge on any atom is 0.315 e. The number of fused-ring (bicyclic) bond motifs is 1. The fourth-order valence-corrected chi connectivity index (χ4v) is 13.7. The molecule has 4 nitrogen and oxygen atoms in total. The van der Waals surface area contributed by atoms with Gasteiger partial charge in [0, 0.05) is 5.41 Å². The van der Waals surface area contributed by atoms with Crippen LogP contribution in [0.2, 0.25) is 0 Å². The maximum atomic E-state index is 14.0. The zero-order chi connectivity index (χ0) is 21.2. The molecule has 32 heavy (non-hydrogen) atoms. The van der Waals surface area contributed by atoms with E-state index >= 15 is 0 Å². The van der Waals surface area contributed by atoms with Gasteiger partial charge in [0.2, 0.25) is 0 Å². The van der Waals surface area contributed by atoms with E-state index in [9.17, 15) is 9.90 Å². The summed E-state index contributed by atoms with van der Waals surface area (Å²) in [6, 6.07) is 10.2. The van der Waals surface area contributed by atoms with Crippen molar-refractivity contribution in [2.75, 3.05) is 13.7 Å². The van der Waals surface area contributed by atoms with Crippen LogP contribution in [-0.4, -0.2) is 30.4 Å². The number of carbonyl (C=O) groups excluding carboxylic acids is 1. The fraction of sp³-hybridized carbons (Fsp3) is 0.750. The van der Waals surface area contributed by atoms with Gasteiger partial charge in [0.1, 0.15) is 11.2 Å². The van der Waals surface area contributed by atoms with Gasteiger partial charge in [-0.25, -0.2) is 0 Å². The van der Waals surface area contributed by atoms with Crippen LogP contribution in [0.1, 0.15) is 32.1 Å². The molecule has 168 valence electrons. The molecule has 9 aliphatic carbocycles. The van der Waals surface area contributed by atoms with Crippen molar-refractivity contribution in [3.8, 4) is 5.75 Å². The van der Waals surface area contributed by atoms with Gasteiger partial charge in [0.05, 0.1) is 19.3 Å². The highest BCUT2D eigenvalue weighted by atomic mass is 16.5. The van der Waals surface area contributed by atoms with Crippen molar-refractivity contribution in [2.24, 2.45) is 75.9 Å². The van der Waals surface area contributed by atoms with Crippen molar-refractivity contribution in [2.45, 2.75) is 37.7 Å². The van der Waals surface area contributed by atoms with E-state index < -0.39 is 11.0 Å². The molecule has 1 N–H and O–H groups in total. The van der Waals surface area contributed by atoms with Crippen molar-refractivity contribution in [1.29, 1.82) is 0 Å². The van der Waals surface area contributed by atoms with Crippen LogP contribution in [0.25, 0.3) is 0 Å². The number of methoxy groups -OCH3 is 1. The predicted octanol–water partition coefficient (Wildman–Crippen LogP) is 3.78. The smallest absolute Gasteiger partial charge is 0.315 e. The van der Waals surface area contributed by atoms with Gasteiger partial charge in [-0.15, -0.1) is 0 Å². The molecular weight excluding hydrogens is 400 g/mol. The quantitative estimate of drug-likeness (QED) is 0.736. The van der Waals surface area contributed by atoms with Crippen LogP contribution in [0.5, 0.6) is 5.75 Å². The van der Waals surface area contributed by atoms with Gasteiger partial charge in [-0.3, -0.25) is 4.79 Å². The van der Waals surface area contributed by atoms with E-state index in [2.05, 4.69) is 0 Å². The number of hydrogen-bond acceptors (Lipinski definition) is 4. The second-order valence-corrected chi connectivity index (χ2v) is 12.7. The summed E-state index contributed by atoms with van der Waals surface area (Å²) in [6.07, 6.45) is 6.12. The first-order valence-corrected chi connectivity index (χ1v) is 13.1. The second-order valence-electron chi connectivity index (χ2n) is 12.7. The summed E-state index contributed by atoms with van der Waals surface area (Å²) in [7, 11) is 1.57. The van der Waals surface area contributed by atoms with Crippen molar-refractivity contribution in [1.82, 2.24) is 0 Å². The molecule has 10 rings (SSSR count). The lowest BCUT2D eigenvalue weighted by Crippen LogP contribution is -2.74. The molecular formula is C28H32O4. The van der Waals surface area contributed by atoms with E-state index in [0.717, 1.165) is 12.2 Å². The number of carbonyl (C=O) groups is 1. The summed E-state index contributed by atoms with van der Waals surface area (Å²) in [5.74, 6) is 6.66. The molecule has 1 aromatic carbocycles. The van der Waals surface area contributed by atoms with Crippen LogP contribution in [-0.2, 0) is 9.53 Å². The average Bonchev–Trinajstić information content (AvgIpc) is 3.59. The lowest BCUT2D eigenvalue weighted by molar-refractivity contribution is -0.271. The van der Waals surface area contributed by atoms with Gasteiger partial charge < -0.3 is 14.6 Å². The number of ether oxygens (including phenoxy) is 2. The van der Waals surface area contributed by atoms with E-state index in [1.807, 2.05) is 30.3 Å². The molecule has 9 fully saturated rings. The average molecular weight is 433 g/mol. The number of benzene rings is 1. The third kappa shape index (κ3) is 1.32. The third-order valence-electron chi connectivity index (χ3n) is 13.2. The highest BCUT2D eigenvalue weighted by Gasteiger charge is 3.02. The topological polar surface area (TPSA) is 55.8 Å². The van der Waals surface area contributed by atoms with Gasteiger partial charge in [-0.1, -0.05) is 24.6 Å². The molecule has 0 aromatic heterocycles. The van der Waals surface area contributed by atoms with Crippen LogP contribution in [0, 0.1) is 75.9 Å². The first kappa shape index (κ1) is 17.9. The first-order valence-electron chi connectivity index (χ1n) is 13.1. The Labute approximate surface area is 189 Å². The Bertz CT molecular complexity index is 1050. The Kier molecular flexibility index (Phi) is 2.84. The molecule has 0 amide bonds. The minimum absolute atomic E-state index is 0.0618. The molecule has 0 aliphatic heterocycles. The van der Waals surface area contributed by atoms with E-state index in [1.54, 1.807) is 7.11 Å². The summed E-state index contributed by atoms with van der Waals surface area (Å²) in [6.45, 7) is 0.580. The van der Waals surface area contributed by atoms with Crippen molar-refractivity contribution in [3.05, 3.63) is 30.3 Å². The van der Waals surface area contributed by atoms with Crippen LogP contribution >= 0.6 is 0 Å². The summed E-state index contributed by atoms with van der Waals surface area (Å²) >= 11 is 0. The van der Waals surface area contributed by atoms with E-state index in [1.165, 1.54) is 25.7 Å². The summed E-state index contributed by atoms with van der Waals surface area (Å²) < 4.78 is 12.3. The first-order chi connectivity index (χ1) is 15.6. The van der Waals surface area contributed by atoms with Gasteiger partial charge in [-0.05, 0) is 103 Å². The number of esters is 1. The highest BCUT2D eigenvalue weighted by Crippen LogP contribution is 2.98. The van der Waals surface area contributed by atoms with Crippen molar-refractivity contribution < 1.29 is 19.4 Å². The van der Waals surface area contributed by atoms with Crippen LogP contribution in [0.4, 0.5) is 0 Å². The van der Waals surface area contributed by atoms with E-state index in [4.69, 9.17) is 9.47 Å². The molecule has 0 radical (unpaired) electrons. The Hall–Kier alpha value is -1.55. The molecule has 4 heteroatoms. The van der Waals surface area contributed by atoms with Crippen LogP contribution in [0.15, 0.2) is 30.3 Å². The number of hydrogen-bond donors (Lipinski definition) is 1. The zero-order valence-electron chi connectivity index (χ0n) is 18.7. The van der Waals surface area contributed by atoms with E-state index in [0.29, 0.717) is 65.8 Å². The third-order valence-corrected chi connectivity index (χ3v) is 13.2. The molecule has 0 heterocycles. The summed E-state index contributed by atoms with van der Waals surface area (Å²) in [5.41, 5.74) is -1.89. The fourth-order valence-electron chi connectivity index (χ4n) is 13.7. The van der Waals surface area contributed by atoms with Gasteiger partial charge in [0.15, 0.2) is 0 Å². The standard InChI is InChI=1S/C28H32O4/c1-31-25(29)27-22-15-9-5-8-14(15)21-19(22)20-23(27)16-10-11-17-18(16)24(20)26(21,28(17,27)30)12-32-13-6-3-2-4-7-13/h2-4,6-7,14-24,30H,5,8-12H2,1H3/t14-,15+,16+,17-,18+,19+,20+,21-,22-,23+,24+,26-,27+,28-/m0/s1. The van der Waals surface area contributed by atoms with Gasteiger partial charge in [0.25, 0.3) is 0 Å². The van der Waals surface area contributed by atoms with Crippen molar-refractivity contribution in [3.63, 3.8) is 0 Å². The van der Waals surface area contributed by atoms with E-state index in [-0.39, 0.29) is 17.3 Å². The Morgan fingerprint density at radius 2 is 1.66 bits per heavy atom. The second kappa shape index (κ2) is 5.09. The van der Waals surface area contributed by atoms with Crippen LogP contribution in [0.3, 0.4) is 0 Å². The lowest BCUT2D eigenvalue weighted by Gasteiger charge is -2.63. The summed E-state index contributed by atoms with van der Waals surface area (Å²) in [5, 5.41) is 13.2. The largest absolute Gasteiger partial charge is 0.493 e. The Morgan fingerprint density at radius 1 is 0.938 bits per heavy atom. The van der Waals surface area contributed by atoms with Crippen LogP contribution < -0.4 is 4.74 Å². The monoisotopic (exact) mass is 432 g/mol. The predicted molar refractivity (Wildman–Crippen MR) is 115 cm³/mol. The van der Waals surface area contributed by atoms with Gasteiger partial charge >= 0.3 is 5.97 Å². The normalized spacial score (nSPS) is 62.4. The molecule has 0 unspecified atom stereocenters. The minimum Gasteiger partial charge on any atom is -0.493 e. The highest BCUT2D eigenvalue weighted by molar-refractivity contribution is 5.83. The summed E-state index contributed by atoms with van der Waals surface area (Å²) in [4.78, 5) is 14.0.